The largest absolute Gasteiger partial charge is 0.508 e. The van der Waals surface area contributed by atoms with Crippen molar-refractivity contribution in [1.82, 2.24) is 0 Å². The lowest BCUT2D eigenvalue weighted by Crippen LogP contribution is -2.38. The highest BCUT2D eigenvalue weighted by atomic mass is 32.2. The second-order valence-electron chi connectivity index (χ2n) is 9.17. The molecule has 1 unspecified atom stereocenters. The molecule has 2 aromatic carbocycles. The van der Waals surface area contributed by atoms with E-state index in [9.17, 15) is 14.7 Å². The number of Topliss-reactive ketones (excluding diaryl/α,β-unsaturated/α-hetero) is 1. The van der Waals surface area contributed by atoms with Crippen LogP contribution >= 0.6 is 11.8 Å². The summed E-state index contributed by atoms with van der Waals surface area (Å²) in [5.74, 6) is 1.34. The van der Waals surface area contributed by atoms with Gasteiger partial charge in [-0.1, -0.05) is 25.1 Å². The van der Waals surface area contributed by atoms with Crippen molar-refractivity contribution in [1.29, 1.82) is 0 Å². The highest BCUT2D eigenvalue weighted by molar-refractivity contribution is 7.99. The molecule has 0 spiro atoms. The minimum Gasteiger partial charge on any atom is -0.508 e. The Morgan fingerprint density at radius 1 is 1.05 bits per heavy atom. The zero-order chi connectivity index (χ0) is 26.5. The average molecular weight is 524 g/mol. The Labute approximate surface area is 221 Å². The number of thioether (sulfide) groups is 1. The van der Waals surface area contributed by atoms with Crippen LogP contribution in [0, 0.1) is 5.92 Å². The summed E-state index contributed by atoms with van der Waals surface area (Å²) in [5, 5.41) is 9.86. The van der Waals surface area contributed by atoms with Crippen LogP contribution in [-0.2, 0) is 14.3 Å². The number of esters is 1. The first-order chi connectivity index (χ1) is 17.9. The maximum atomic E-state index is 13.7. The topological polar surface area (TPSA) is 94.4 Å². The van der Waals surface area contributed by atoms with E-state index in [4.69, 9.17) is 19.2 Å². The third-order valence-corrected chi connectivity index (χ3v) is 7.81. The highest BCUT2D eigenvalue weighted by Crippen LogP contribution is 2.47. The molecule has 1 heterocycles. The summed E-state index contributed by atoms with van der Waals surface area (Å²) in [5.41, 5.74) is 3.66. The van der Waals surface area contributed by atoms with Crippen LogP contribution in [0.1, 0.15) is 49.7 Å². The van der Waals surface area contributed by atoms with Gasteiger partial charge in [-0.2, -0.15) is 11.8 Å². The SMILES string of the molecule is CCSCCOC(=O)C1C(C)=NC2=C(C(=O)C[C@@H](c3ccc(OC)c(OC)c3)C2)[C@H]1c1ccc(O)cc1. The molecule has 8 heteroatoms. The van der Waals surface area contributed by atoms with Crippen molar-refractivity contribution in [3.05, 3.63) is 64.9 Å². The average Bonchev–Trinajstić information content (AvgIpc) is 2.90. The Kier molecular flexibility index (Phi) is 8.59. The molecule has 3 atom stereocenters. The number of nitrogens with zero attached hydrogens (tertiary/aromatic N) is 1. The van der Waals surface area contributed by atoms with Crippen molar-refractivity contribution in [2.45, 2.75) is 38.5 Å². The van der Waals surface area contributed by atoms with Crippen molar-refractivity contribution in [3.8, 4) is 17.2 Å². The molecule has 0 radical (unpaired) electrons. The third-order valence-electron chi connectivity index (χ3n) is 6.95. The first-order valence-corrected chi connectivity index (χ1v) is 13.6. The fourth-order valence-corrected chi connectivity index (χ4v) is 5.67. The standard InChI is InChI=1S/C29H33NO6S/c1-5-37-13-12-36-29(33)26-17(2)30-22-14-20(19-8-11-24(34-3)25(16-19)35-4)15-23(32)28(22)27(26)18-6-9-21(31)10-7-18/h6-11,16,20,26-27,31H,5,12-15H2,1-4H3/t20-,26?,27-/m0/s1. The van der Waals surface area contributed by atoms with Gasteiger partial charge in [0.2, 0.25) is 0 Å². The lowest BCUT2D eigenvalue weighted by molar-refractivity contribution is -0.145. The number of benzene rings is 2. The Morgan fingerprint density at radius 3 is 2.43 bits per heavy atom. The van der Waals surface area contributed by atoms with Crippen LogP contribution in [0.25, 0.3) is 0 Å². The van der Waals surface area contributed by atoms with E-state index in [2.05, 4.69) is 6.92 Å². The molecule has 2 aromatic rings. The van der Waals surface area contributed by atoms with Gasteiger partial charge in [-0.3, -0.25) is 14.6 Å². The van der Waals surface area contributed by atoms with Gasteiger partial charge in [0.05, 0.1) is 14.2 Å². The number of aromatic hydroxyl groups is 1. The number of ketones is 1. The van der Waals surface area contributed by atoms with Crippen molar-refractivity contribution >= 4 is 29.2 Å². The zero-order valence-corrected chi connectivity index (χ0v) is 22.5. The van der Waals surface area contributed by atoms with Gasteiger partial charge < -0.3 is 19.3 Å². The second kappa shape index (κ2) is 11.9. The Hall–Kier alpha value is -3.26. The zero-order valence-electron chi connectivity index (χ0n) is 21.7. The van der Waals surface area contributed by atoms with Crippen molar-refractivity contribution in [2.75, 3.05) is 32.3 Å². The number of phenols is 1. The molecule has 0 aromatic heterocycles. The number of ether oxygens (including phenoxy) is 3. The van der Waals surface area contributed by atoms with Crippen LogP contribution in [0.15, 0.2) is 58.7 Å². The fourth-order valence-electron chi connectivity index (χ4n) is 5.18. The van der Waals surface area contributed by atoms with Crippen molar-refractivity contribution in [3.63, 3.8) is 0 Å². The summed E-state index contributed by atoms with van der Waals surface area (Å²) in [7, 11) is 3.18. The van der Waals surface area contributed by atoms with Crippen LogP contribution in [0.2, 0.25) is 0 Å². The van der Waals surface area contributed by atoms with E-state index in [0.717, 1.165) is 22.6 Å². The number of aliphatic imine (C=N–C) groups is 1. The Bertz CT molecular complexity index is 1220. The molecule has 0 saturated carbocycles. The van der Waals surface area contributed by atoms with E-state index in [0.29, 0.717) is 47.9 Å². The minimum atomic E-state index is -0.698. The Morgan fingerprint density at radius 2 is 1.76 bits per heavy atom. The minimum absolute atomic E-state index is 0.0327. The fraction of sp³-hybridized carbons (Fsp3) is 0.414. The molecule has 4 rings (SSSR count). The van der Waals surface area contributed by atoms with Crippen LogP contribution < -0.4 is 9.47 Å². The first kappa shape index (κ1) is 26.8. The highest BCUT2D eigenvalue weighted by Gasteiger charge is 2.44. The monoisotopic (exact) mass is 523 g/mol. The van der Waals surface area contributed by atoms with Crippen LogP contribution in [0.3, 0.4) is 0 Å². The van der Waals surface area contributed by atoms with Gasteiger partial charge in [0.1, 0.15) is 18.3 Å². The number of hydrogen-bond acceptors (Lipinski definition) is 8. The van der Waals surface area contributed by atoms with E-state index >= 15 is 0 Å². The van der Waals surface area contributed by atoms with E-state index < -0.39 is 11.8 Å². The molecular formula is C29H33NO6S. The van der Waals surface area contributed by atoms with Gasteiger partial charge in [-0.15, -0.1) is 0 Å². The second-order valence-corrected chi connectivity index (χ2v) is 10.6. The van der Waals surface area contributed by atoms with E-state index in [1.165, 1.54) is 0 Å². The molecule has 7 nitrogen and oxygen atoms in total. The van der Waals surface area contributed by atoms with Crippen molar-refractivity contribution in [2.24, 2.45) is 10.9 Å². The van der Waals surface area contributed by atoms with Gasteiger partial charge in [-0.25, -0.2) is 0 Å². The van der Waals surface area contributed by atoms with E-state index in [-0.39, 0.29) is 23.4 Å². The van der Waals surface area contributed by atoms with Crippen LogP contribution in [0.4, 0.5) is 0 Å². The molecule has 0 fully saturated rings. The molecule has 1 N–H and O–H groups in total. The molecular weight excluding hydrogens is 490 g/mol. The number of carbonyl (C=O) groups excluding carboxylic acids is 2. The van der Waals surface area contributed by atoms with E-state index in [1.54, 1.807) is 50.2 Å². The third kappa shape index (κ3) is 5.69. The maximum Gasteiger partial charge on any atom is 0.315 e. The number of rotatable bonds is 9. The van der Waals surface area contributed by atoms with Crippen molar-refractivity contribution < 1.29 is 28.9 Å². The molecule has 1 aliphatic carbocycles. The first-order valence-electron chi connectivity index (χ1n) is 12.4. The van der Waals surface area contributed by atoms with Crippen LogP contribution in [0.5, 0.6) is 17.2 Å². The summed E-state index contributed by atoms with van der Waals surface area (Å²) in [6.45, 7) is 4.20. The number of phenolic OH excluding ortho intramolecular Hbond substituents is 1. The van der Waals surface area contributed by atoms with Gasteiger partial charge in [0.15, 0.2) is 17.3 Å². The lowest BCUT2D eigenvalue weighted by atomic mass is 9.69. The summed E-state index contributed by atoms with van der Waals surface area (Å²) < 4.78 is 16.5. The van der Waals surface area contributed by atoms with Crippen LogP contribution in [-0.4, -0.2) is 54.9 Å². The number of carbonyl (C=O) groups is 2. The predicted octanol–water partition coefficient (Wildman–Crippen LogP) is 5.28. The smallest absolute Gasteiger partial charge is 0.315 e. The Balaban J connectivity index is 1.70. The molecule has 1 aliphatic heterocycles. The molecule has 0 saturated heterocycles. The number of allylic oxidation sites excluding steroid dienone is 2. The van der Waals surface area contributed by atoms with Gasteiger partial charge in [0.25, 0.3) is 0 Å². The predicted molar refractivity (Wildman–Crippen MR) is 145 cm³/mol. The normalized spacial score (nSPS) is 21.2. The molecule has 0 bridgehead atoms. The summed E-state index contributed by atoms with van der Waals surface area (Å²) >= 11 is 1.70. The molecule has 196 valence electrons. The number of hydrogen-bond donors (Lipinski definition) is 1. The summed E-state index contributed by atoms with van der Waals surface area (Å²) in [6.07, 6.45) is 0.865. The quantitative estimate of drug-likeness (QED) is 0.353. The summed E-state index contributed by atoms with van der Waals surface area (Å²) in [4.78, 5) is 31.8. The molecule has 0 amide bonds. The van der Waals surface area contributed by atoms with Gasteiger partial charge in [0, 0.05) is 35.1 Å². The number of methoxy groups -OCH3 is 2. The lowest BCUT2D eigenvalue weighted by Gasteiger charge is -2.36. The van der Waals surface area contributed by atoms with Gasteiger partial charge >= 0.3 is 5.97 Å². The molecule has 2 aliphatic rings. The maximum absolute atomic E-state index is 13.7. The molecule has 37 heavy (non-hydrogen) atoms. The van der Waals surface area contributed by atoms with E-state index in [1.807, 2.05) is 25.1 Å². The van der Waals surface area contributed by atoms with Gasteiger partial charge in [-0.05, 0) is 60.4 Å². The summed E-state index contributed by atoms with van der Waals surface area (Å²) in [6, 6.07) is 12.4.